The van der Waals surface area contributed by atoms with E-state index in [-0.39, 0.29) is 16.1 Å². The number of piperidine rings is 1. The Morgan fingerprint density at radius 3 is 2.09 bits per heavy atom. The molecule has 0 atom stereocenters. The predicted octanol–water partition coefficient (Wildman–Crippen LogP) is 3.15. The molecule has 2 amide bonds. The van der Waals surface area contributed by atoms with E-state index in [1.165, 1.54) is 6.42 Å². The van der Waals surface area contributed by atoms with E-state index in [4.69, 9.17) is 34.0 Å². The number of nitro benzene ring substituents is 1. The quantitative estimate of drug-likeness (QED) is 0.616. The second-order valence-corrected chi connectivity index (χ2v) is 5.55. The van der Waals surface area contributed by atoms with Crippen molar-refractivity contribution >= 4 is 40.9 Å². The smallest absolute Gasteiger partial charge is 0.342 e. The lowest BCUT2D eigenvalue weighted by molar-refractivity contribution is -0.385. The summed E-state index contributed by atoms with van der Waals surface area (Å²) in [5, 5.41) is 19.0. The van der Waals surface area contributed by atoms with Gasteiger partial charge in [0.25, 0.3) is 5.69 Å². The van der Waals surface area contributed by atoms with Gasteiger partial charge in [-0.25, -0.2) is 9.59 Å². The van der Waals surface area contributed by atoms with Crippen LogP contribution < -0.4 is 5.73 Å². The van der Waals surface area contributed by atoms with Crippen LogP contribution in [-0.4, -0.2) is 40.0 Å². The van der Waals surface area contributed by atoms with E-state index in [2.05, 4.69) is 0 Å². The van der Waals surface area contributed by atoms with Crippen molar-refractivity contribution in [2.75, 3.05) is 13.1 Å². The molecule has 0 aliphatic carbocycles. The van der Waals surface area contributed by atoms with Gasteiger partial charge in [0.15, 0.2) is 0 Å². The number of aromatic carboxylic acids is 1. The highest BCUT2D eigenvalue weighted by Crippen LogP contribution is 2.30. The number of amides is 2. The third kappa shape index (κ3) is 5.57. The summed E-state index contributed by atoms with van der Waals surface area (Å²) in [4.78, 5) is 32.4. The number of nitrogens with zero attached hydrogens (tertiary/aromatic N) is 2. The van der Waals surface area contributed by atoms with E-state index in [1.54, 1.807) is 4.90 Å². The Morgan fingerprint density at radius 1 is 1.17 bits per heavy atom. The highest BCUT2D eigenvalue weighted by molar-refractivity contribution is 6.42. The molecule has 1 saturated heterocycles. The molecule has 0 unspecified atom stereocenters. The lowest BCUT2D eigenvalue weighted by atomic mass is 10.1. The van der Waals surface area contributed by atoms with Crippen molar-refractivity contribution in [3.05, 3.63) is 37.9 Å². The van der Waals surface area contributed by atoms with E-state index in [9.17, 15) is 19.7 Å². The van der Waals surface area contributed by atoms with Crippen molar-refractivity contribution in [3.63, 3.8) is 0 Å². The molecule has 126 valence electrons. The lowest BCUT2D eigenvalue weighted by Crippen LogP contribution is -2.39. The first kappa shape index (κ1) is 19.0. The normalized spacial score (nSPS) is 13.7. The molecule has 0 spiro atoms. The van der Waals surface area contributed by atoms with Crippen LogP contribution in [0.5, 0.6) is 0 Å². The monoisotopic (exact) mass is 363 g/mol. The van der Waals surface area contributed by atoms with Gasteiger partial charge < -0.3 is 15.7 Å². The number of likely N-dealkylation sites (tertiary alicyclic amines) is 1. The van der Waals surface area contributed by atoms with Gasteiger partial charge >= 0.3 is 12.0 Å². The lowest BCUT2D eigenvalue weighted by Gasteiger charge is -2.24. The minimum atomic E-state index is -1.42. The Labute approximate surface area is 141 Å². The summed E-state index contributed by atoms with van der Waals surface area (Å²) in [6, 6.07) is 1.59. The molecule has 1 fully saturated rings. The first-order valence-corrected chi connectivity index (χ1v) is 7.40. The molecule has 1 aromatic carbocycles. The van der Waals surface area contributed by atoms with Crippen LogP contribution in [0.3, 0.4) is 0 Å². The molecule has 1 aliphatic rings. The molecular formula is C13H15Cl2N3O5. The minimum absolute atomic E-state index is 0.0327. The standard InChI is InChI=1S/C7H3Cl2NO4.C6H12N2O/c8-4-1-3(7(11)12)6(10(13)14)2-5(4)9;7-6(9)8-4-2-1-3-5-8/h1-2H,(H,11,12);1-5H2,(H2,7,9). The molecule has 2 rings (SSSR count). The number of carbonyl (C=O) groups excluding carboxylic acids is 1. The maximum atomic E-state index is 10.6. The summed E-state index contributed by atoms with van der Waals surface area (Å²) in [6.07, 6.45) is 3.47. The van der Waals surface area contributed by atoms with Crippen molar-refractivity contribution in [1.29, 1.82) is 0 Å². The number of nitrogens with two attached hydrogens (primary N) is 1. The van der Waals surface area contributed by atoms with E-state index in [0.717, 1.165) is 38.1 Å². The van der Waals surface area contributed by atoms with Gasteiger partial charge in [0.05, 0.1) is 15.0 Å². The Hall–Kier alpha value is -2.06. The van der Waals surface area contributed by atoms with Crippen LogP contribution >= 0.6 is 23.2 Å². The number of hydrogen-bond donors (Lipinski definition) is 2. The van der Waals surface area contributed by atoms with Gasteiger partial charge in [-0.15, -0.1) is 0 Å². The van der Waals surface area contributed by atoms with Crippen LogP contribution in [0.2, 0.25) is 10.0 Å². The maximum absolute atomic E-state index is 10.6. The molecule has 0 radical (unpaired) electrons. The van der Waals surface area contributed by atoms with Crippen LogP contribution in [0, 0.1) is 10.1 Å². The fourth-order valence-electron chi connectivity index (χ4n) is 1.97. The summed E-state index contributed by atoms with van der Waals surface area (Å²) in [5.74, 6) is -1.42. The number of urea groups is 1. The highest BCUT2D eigenvalue weighted by Gasteiger charge is 2.21. The first-order valence-electron chi connectivity index (χ1n) is 6.65. The average molecular weight is 364 g/mol. The Balaban J connectivity index is 0.000000253. The third-order valence-corrected chi connectivity index (χ3v) is 3.86. The molecule has 0 saturated carbocycles. The summed E-state index contributed by atoms with van der Waals surface area (Å²) >= 11 is 11.0. The second kappa shape index (κ2) is 8.54. The number of carboxylic acid groups (broad SMARTS) is 1. The average Bonchev–Trinajstić information content (AvgIpc) is 2.50. The minimum Gasteiger partial charge on any atom is -0.477 e. The number of halogens is 2. The van der Waals surface area contributed by atoms with Crippen molar-refractivity contribution < 1.29 is 19.6 Å². The van der Waals surface area contributed by atoms with E-state index in [1.807, 2.05) is 0 Å². The number of rotatable bonds is 2. The van der Waals surface area contributed by atoms with Gasteiger partial charge in [-0.3, -0.25) is 10.1 Å². The van der Waals surface area contributed by atoms with Crippen LogP contribution in [0.1, 0.15) is 29.6 Å². The Morgan fingerprint density at radius 2 is 1.70 bits per heavy atom. The number of carboxylic acids is 1. The predicted molar refractivity (Wildman–Crippen MR) is 85.1 cm³/mol. The van der Waals surface area contributed by atoms with Crippen molar-refractivity contribution in [1.82, 2.24) is 4.90 Å². The number of carbonyl (C=O) groups is 2. The fraction of sp³-hybridized carbons (Fsp3) is 0.385. The number of benzene rings is 1. The van der Waals surface area contributed by atoms with Crippen LogP contribution in [0.4, 0.5) is 10.5 Å². The van der Waals surface area contributed by atoms with Crippen molar-refractivity contribution in [2.24, 2.45) is 5.73 Å². The zero-order valence-corrected chi connectivity index (χ0v) is 13.5. The topological polar surface area (TPSA) is 127 Å². The molecule has 3 N–H and O–H groups in total. The van der Waals surface area contributed by atoms with Crippen LogP contribution in [0.25, 0.3) is 0 Å². The van der Waals surface area contributed by atoms with E-state index < -0.39 is 22.1 Å². The molecule has 10 heteroatoms. The third-order valence-electron chi connectivity index (χ3n) is 3.13. The number of nitro groups is 1. The molecule has 8 nitrogen and oxygen atoms in total. The Bertz CT molecular complexity index is 579. The molecule has 0 aromatic heterocycles. The number of primary amides is 1. The zero-order chi connectivity index (χ0) is 17.6. The largest absolute Gasteiger partial charge is 0.477 e. The summed E-state index contributed by atoms with van der Waals surface area (Å²) < 4.78 is 0. The summed E-state index contributed by atoms with van der Waals surface area (Å²) in [5.41, 5.74) is 4.00. The molecule has 0 bridgehead atoms. The van der Waals surface area contributed by atoms with Crippen LogP contribution in [0.15, 0.2) is 12.1 Å². The Kier molecular flexibility index (Phi) is 7.05. The molecule has 23 heavy (non-hydrogen) atoms. The molecule has 1 heterocycles. The molecule has 1 aromatic rings. The fourth-order valence-corrected chi connectivity index (χ4v) is 2.29. The van der Waals surface area contributed by atoms with E-state index in [0.29, 0.717) is 0 Å². The van der Waals surface area contributed by atoms with Gasteiger partial charge in [0.2, 0.25) is 0 Å². The SMILES string of the molecule is NC(=O)N1CCCCC1.O=C(O)c1cc(Cl)c(Cl)cc1[N+](=O)[O-]. The molecule has 1 aliphatic heterocycles. The van der Waals surface area contributed by atoms with Gasteiger partial charge in [0.1, 0.15) is 5.56 Å². The van der Waals surface area contributed by atoms with Gasteiger partial charge in [0, 0.05) is 19.2 Å². The van der Waals surface area contributed by atoms with Gasteiger partial charge in [-0.2, -0.15) is 0 Å². The molecular weight excluding hydrogens is 349 g/mol. The first-order chi connectivity index (χ1) is 10.7. The highest BCUT2D eigenvalue weighted by atomic mass is 35.5. The van der Waals surface area contributed by atoms with Crippen molar-refractivity contribution in [2.45, 2.75) is 19.3 Å². The zero-order valence-electron chi connectivity index (χ0n) is 12.0. The summed E-state index contributed by atoms with van der Waals surface area (Å²) in [6.45, 7) is 1.71. The second-order valence-electron chi connectivity index (χ2n) is 4.73. The summed E-state index contributed by atoms with van der Waals surface area (Å²) in [7, 11) is 0. The van der Waals surface area contributed by atoms with Gasteiger partial charge in [-0.1, -0.05) is 23.2 Å². The number of hydrogen-bond acceptors (Lipinski definition) is 4. The maximum Gasteiger partial charge on any atom is 0.342 e. The van der Waals surface area contributed by atoms with Crippen LogP contribution in [-0.2, 0) is 0 Å². The van der Waals surface area contributed by atoms with E-state index >= 15 is 0 Å². The van der Waals surface area contributed by atoms with Gasteiger partial charge in [-0.05, 0) is 25.3 Å². The van der Waals surface area contributed by atoms with Crippen molar-refractivity contribution in [3.8, 4) is 0 Å².